The molecule has 0 radical (unpaired) electrons. The summed E-state index contributed by atoms with van der Waals surface area (Å²) < 4.78 is 6.25. The zero-order chi connectivity index (χ0) is 13.3. The number of nitrogens with zero attached hydrogens (tertiary/aromatic N) is 3. The lowest BCUT2D eigenvalue weighted by Crippen LogP contribution is -2.19. The van der Waals surface area contributed by atoms with Crippen LogP contribution in [0.5, 0.6) is 0 Å². The summed E-state index contributed by atoms with van der Waals surface area (Å²) in [6.45, 7) is 3.70. The maximum atomic E-state index is 11.6. The molecule has 2 heterocycles. The Morgan fingerprint density at radius 1 is 1.44 bits per heavy atom. The molecule has 0 saturated carbocycles. The number of hydrogen-bond donors (Lipinski definition) is 0. The second-order valence-corrected chi connectivity index (χ2v) is 3.91. The average molecular weight is 249 g/mol. The third kappa shape index (κ3) is 2.15. The highest BCUT2D eigenvalue weighted by Crippen LogP contribution is 2.14. The van der Waals surface area contributed by atoms with Crippen LogP contribution >= 0.6 is 0 Å². The molecule has 0 aromatic carbocycles. The fourth-order valence-corrected chi connectivity index (χ4v) is 1.65. The van der Waals surface area contributed by atoms with Crippen LogP contribution in [0.3, 0.4) is 0 Å². The van der Waals surface area contributed by atoms with E-state index in [-0.39, 0.29) is 17.8 Å². The van der Waals surface area contributed by atoms with Crippen molar-refractivity contribution in [2.24, 2.45) is 0 Å². The summed E-state index contributed by atoms with van der Waals surface area (Å²) in [6, 6.07) is 2.36. The van der Waals surface area contributed by atoms with Crippen LogP contribution in [-0.4, -0.2) is 14.6 Å². The number of rotatable bonds is 3. The van der Waals surface area contributed by atoms with E-state index in [1.54, 1.807) is 13.8 Å². The van der Waals surface area contributed by atoms with Gasteiger partial charge in [0, 0.05) is 17.7 Å². The van der Waals surface area contributed by atoms with E-state index in [1.165, 1.54) is 22.9 Å². The topological polar surface area (TPSA) is 91.2 Å². The van der Waals surface area contributed by atoms with Crippen molar-refractivity contribution in [1.82, 2.24) is 9.72 Å². The minimum Gasteiger partial charge on any atom is -0.361 e. The van der Waals surface area contributed by atoms with Crippen LogP contribution in [0.25, 0.3) is 0 Å². The SMILES string of the molecule is Cc1noc(C)c1Cn1cc([N+](=O)[O-])ccc1=O. The molecule has 0 bridgehead atoms. The van der Waals surface area contributed by atoms with Gasteiger partial charge in [-0.2, -0.15) is 0 Å². The molecule has 0 amide bonds. The van der Waals surface area contributed by atoms with Crippen molar-refractivity contribution in [3.63, 3.8) is 0 Å². The molecule has 2 aromatic heterocycles. The van der Waals surface area contributed by atoms with Gasteiger partial charge in [0.15, 0.2) is 0 Å². The first-order valence-electron chi connectivity index (χ1n) is 5.25. The summed E-state index contributed by atoms with van der Waals surface area (Å²) in [5.74, 6) is 0.603. The Hall–Kier alpha value is -2.44. The van der Waals surface area contributed by atoms with Gasteiger partial charge < -0.3 is 9.09 Å². The number of aryl methyl sites for hydroxylation is 2. The third-order valence-electron chi connectivity index (χ3n) is 2.69. The molecule has 0 saturated heterocycles. The Kier molecular flexibility index (Phi) is 2.97. The maximum Gasteiger partial charge on any atom is 0.285 e. The van der Waals surface area contributed by atoms with Gasteiger partial charge in [-0.3, -0.25) is 14.9 Å². The molecule has 0 unspecified atom stereocenters. The van der Waals surface area contributed by atoms with E-state index in [9.17, 15) is 14.9 Å². The molecule has 2 rings (SSSR count). The Labute approximate surface area is 102 Å². The molecule has 0 aliphatic heterocycles. The highest BCUT2D eigenvalue weighted by molar-refractivity contribution is 5.27. The Bertz CT molecular complexity index is 637. The molecule has 0 N–H and O–H groups in total. The third-order valence-corrected chi connectivity index (χ3v) is 2.69. The van der Waals surface area contributed by atoms with E-state index in [4.69, 9.17) is 4.52 Å². The van der Waals surface area contributed by atoms with E-state index in [1.807, 2.05) is 0 Å². The normalized spacial score (nSPS) is 10.6. The van der Waals surface area contributed by atoms with Crippen molar-refractivity contribution in [3.05, 3.63) is 55.8 Å². The second kappa shape index (κ2) is 4.44. The first-order valence-corrected chi connectivity index (χ1v) is 5.25. The van der Waals surface area contributed by atoms with Crippen LogP contribution in [-0.2, 0) is 6.54 Å². The Balaban J connectivity index is 2.43. The fourth-order valence-electron chi connectivity index (χ4n) is 1.65. The monoisotopic (exact) mass is 249 g/mol. The van der Waals surface area contributed by atoms with Gasteiger partial charge in [-0.05, 0) is 13.8 Å². The van der Waals surface area contributed by atoms with Crippen LogP contribution in [0.1, 0.15) is 17.0 Å². The van der Waals surface area contributed by atoms with Crippen molar-refractivity contribution in [1.29, 1.82) is 0 Å². The Morgan fingerprint density at radius 3 is 2.72 bits per heavy atom. The molecular weight excluding hydrogens is 238 g/mol. The van der Waals surface area contributed by atoms with Gasteiger partial charge in [-0.25, -0.2) is 0 Å². The van der Waals surface area contributed by atoms with Crippen molar-refractivity contribution in [3.8, 4) is 0 Å². The average Bonchev–Trinajstić information content (AvgIpc) is 2.63. The molecule has 0 aliphatic rings. The van der Waals surface area contributed by atoms with Gasteiger partial charge in [-0.15, -0.1) is 0 Å². The summed E-state index contributed by atoms with van der Waals surface area (Å²) in [7, 11) is 0. The van der Waals surface area contributed by atoms with E-state index in [0.29, 0.717) is 11.5 Å². The smallest absolute Gasteiger partial charge is 0.285 e. The Morgan fingerprint density at radius 2 is 2.17 bits per heavy atom. The minimum absolute atomic E-state index is 0.124. The van der Waals surface area contributed by atoms with Crippen molar-refractivity contribution < 1.29 is 9.45 Å². The molecule has 7 nitrogen and oxygen atoms in total. The lowest BCUT2D eigenvalue weighted by molar-refractivity contribution is -0.385. The summed E-state index contributed by atoms with van der Waals surface area (Å²) in [5.41, 5.74) is 1.01. The summed E-state index contributed by atoms with van der Waals surface area (Å²) >= 11 is 0. The number of nitro groups is 1. The maximum absolute atomic E-state index is 11.6. The summed E-state index contributed by atoms with van der Waals surface area (Å²) in [4.78, 5) is 21.8. The molecule has 94 valence electrons. The van der Waals surface area contributed by atoms with Crippen LogP contribution in [0.4, 0.5) is 5.69 Å². The van der Waals surface area contributed by atoms with Crippen LogP contribution in [0, 0.1) is 24.0 Å². The van der Waals surface area contributed by atoms with Gasteiger partial charge in [0.05, 0.1) is 23.4 Å². The zero-order valence-electron chi connectivity index (χ0n) is 9.91. The van der Waals surface area contributed by atoms with Crippen molar-refractivity contribution >= 4 is 5.69 Å². The summed E-state index contributed by atoms with van der Waals surface area (Å²) in [6.07, 6.45) is 1.22. The van der Waals surface area contributed by atoms with Gasteiger partial charge in [0.2, 0.25) is 0 Å². The highest BCUT2D eigenvalue weighted by atomic mass is 16.6. The van der Waals surface area contributed by atoms with Gasteiger partial charge in [0.1, 0.15) is 5.76 Å². The molecular formula is C11H11N3O4. The van der Waals surface area contributed by atoms with Crippen molar-refractivity contribution in [2.75, 3.05) is 0 Å². The van der Waals surface area contributed by atoms with E-state index < -0.39 is 4.92 Å². The predicted molar refractivity (Wildman–Crippen MR) is 62.4 cm³/mol. The second-order valence-electron chi connectivity index (χ2n) is 3.91. The number of pyridine rings is 1. The first kappa shape index (κ1) is 12.0. The highest BCUT2D eigenvalue weighted by Gasteiger charge is 2.13. The lowest BCUT2D eigenvalue weighted by Gasteiger charge is -2.04. The van der Waals surface area contributed by atoms with E-state index in [2.05, 4.69) is 5.16 Å². The lowest BCUT2D eigenvalue weighted by atomic mass is 10.2. The molecule has 0 spiro atoms. The summed E-state index contributed by atoms with van der Waals surface area (Å²) in [5, 5.41) is 14.4. The van der Waals surface area contributed by atoms with Crippen molar-refractivity contribution in [2.45, 2.75) is 20.4 Å². The first-order chi connectivity index (χ1) is 8.49. The van der Waals surface area contributed by atoms with E-state index in [0.717, 1.165) is 5.56 Å². The van der Waals surface area contributed by atoms with E-state index >= 15 is 0 Å². The fraction of sp³-hybridized carbons (Fsp3) is 0.273. The molecule has 7 heteroatoms. The number of aromatic nitrogens is 2. The molecule has 0 atom stereocenters. The minimum atomic E-state index is -0.538. The van der Waals surface area contributed by atoms with Gasteiger partial charge in [-0.1, -0.05) is 5.16 Å². The standard InChI is InChI=1S/C11H11N3O4/c1-7-10(8(2)18-12-7)6-13-5-9(14(16)17)3-4-11(13)15/h3-5H,6H2,1-2H3. The van der Waals surface area contributed by atoms with Gasteiger partial charge >= 0.3 is 0 Å². The molecule has 0 aliphatic carbocycles. The largest absolute Gasteiger partial charge is 0.361 e. The quantitative estimate of drug-likeness (QED) is 0.605. The molecule has 18 heavy (non-hydrogen) atoms. The number of hydrogen-bond acceptors (Lipinski definition) is 5. The van der Waals surface area contributed by atoms with Crippen LogP contribution < -0.4 is 5.56 Å². The van der Waals surface area contributed by atoms with Crippen LogP contribution in [0.15, 0.2) is 27.6 Å². The zero-order valence-corrected chi connectivity index (χ0v) is 9.91. The molecule has 2 aromatic rings. The van der Waals surface area contributed by atoms with Gasteiger partial charge in [0.25, 0.3) is 11.2 Å². The van der Waals surface area contributed by atoms with Crippen LogP contribution in [0.2, 0.25) is 0 Å². The molecule has 0 fully saturated rings. The predicted octanol–water partition coefficient (Wildman–Crippen LogP) is 1.41.